The van der Waals surface area contributed by atoms with Crippen molar-refractivity contribution in [1.29, 1.82) is 0 Å². The zero-order valence-electron chi connectivity index (χ0n) is 7.69. The van der Waals surface area contributed by atoms with E-state index in [0.717, 1.165) is 11.6 Å². The zero-order chi connectivity index (χ0) is 7.49. The van der Waals surface area contributed by atoms with E-state index in [0.29, 0.717) is 0 Å². The molecule has 0 atom stereocenters. The molecule has 0 aromatic rings. The van der Waals surface area contributed by atoms with E-state index in [4.69, 9.17) is 0 Å². The molecule has 0 radical (unpaired) electrons. The number of allylic oxidation sites excluding steroid dienone is 2. The fraction of sp³-hybridized carbons (Fsp3) is 0.714. The van der Waals surface area contributed by atoms with Crippen LogP contribution in [0.15, 0.2) is 11.3 Å². The quantitative estimate of drug-likeness (QED) is 0.474. The van der Waals surface area contributed by atoms with Crippen LogP contribution in [0.25, 0.3) is 0 Å². The van der Waals surface area contributed by atoms with Crippen LogP contribution in [-0.2, 0) is 0 Å². The summed E-state index contributed by atoms with van der Waals surface area (Å²) in [6.45, 7) is 7.66. The van der Waals surface area contributed by atoms with Crippen molar-refractivity contribution < 1.29 is 56.2 Å². The molecule has 0 amide bonds. The summed E-state index contributed by atoms with van der Waals surface area (Å²) in [6, 6.07) is 0. The maximum Gasteiger partial charge on any atom is 1.00 e. The fourth-order valence-corrected chi connectivity index (χ4v) is 1.25. The molecule has 0 aromatic heterocycles. The van der Waals surface area contributed by atoms with E-state index in [1.54, 1.807) is 0 Å². The van der Waals surface area contributed by atoms with Gasteiger partial charge in [0, 0.05) is 0 Å². The van der Waals surface area contributed by atoms with Gasteiger partial charge in [0.2, 0.25) is 0 Å². The minimum atomic E-state index is -2.17. The van der Waals surface area contributed by atoms with Gasteiger partial charge in [-0.15, -0.1) is 5.20 Å². The molecular weight excluding hydrogens is 167 g/mol. The number of hydrogen-bond acceptors (Lipinski definition) is 1. The Bertz CT molecular complexity index is 115. The predicted octanol–water partition coefficient (Wildman–Crippen LogP) is -1.55. The second-order valence-corrected chi connectivity index (χ2v) is 6.61. The molecule has 3 heteroatoms. The van der Waals surface area contributed by atoms with Crippen molar-refractivity contribution in [3.05, 3.63) is 11.3 Å². The molecule has 0 saturated heterocycles. The van der Waals surface area contributed by atoms with Gasteiger partial charge in [-0.3, -0.25) is 0 Å². The third kappa shape index (κ3) is 6.28. The Morgan fingerprint density at radius 2 is 1.90 bits per heavy atom. The van der Waals surface area contributed by atoms with Gasteiger partial charge in [0.1, 0.15) is 0 Å². The zero-order valence-corrected chi connectivity index (χ0v) is 11.8. The molecule has 54 valence electrons. The van der Waals surface area contributed by atoms with Gasteiger partial charge in [-0.1, -0.05) is 26.1 Å². The van der Waals surface area contributed by atoms with Crippen LogP contribution in [0.2, 0.25) is 13.1 Å². The molecule has 0 unspecified atom stereocenters. The first-order valence-corrected chi connectivity index (χ1v) is 6.27. The second-order valence-electron chi connectivity index (χ2n) is 2.81. The molecule has 0 aliphatic rings. The molecule has 0 aliphatic heterocycles. The SMILES string of the molecule is CC/C=C(\C)[Si](C)(C)[O-].[K+]. The minimum Gasteiger partial charge on any atom is -0.855 e. The van der Waals surface area contributed by atoms with Gasteiger partial charge in [-0.25, -0.2) is 0 Å². The summed E-state index contributed by atoms with van der Waals surface area (Å²) < 4.78 is 0. The minimum absolute atomic E-state index is 0. The summed E-state index contributed by atoms with van der Waals surface area (Å²) in [7, 11) is -2.17. The standard InChI is InChI=1S/C7H15OSi.K/c1-5-6-7(2)9(3,4)8;/h6H,5H2,1-4H3;/q-1;+1/b7-6+;. The molecule has 0 spiro atoms. The van der Waals surface area contributed by atoms with E-state index in [-0.39, 0.29) is 51.4 Å². The second kappa shape index (κ2) is 6.11. The average Bonchev–Trinajstić information content (AvgIpc) is 1.64. The van der Waals surface area contributed by atoms with Crippen LogP contribution in [0, 0.1) is 0 Å². The fourth-order valence-electron chi connectivity index (χ4n) is 0.552. The molecule has 0 aromatic carbocycles. The summed E-state index contributed by atoms with van der Waals surface area (Å²) in [5.41, 5.74) is 0. The Morgan fingerprint density at radius 1 is 1.50 bits per heavy atom. The summed E-state index contributed by atoms with van der Waals surface area (Å²) in [4.78, 5) is 11.3. The molecule has 0 N–H and O–H groups in total. The van der Waals surface area contributed by atoms with Crippen molar-refractivity contribution in [2.75, 3.05) is 0 Å². The first-order valence-electron chi connectivity index (χ1n) is 3.36. The molecule has 0 fully saturated rings. The average molecular weight is 182 g/mol. The van der Waals surface area contributed by atoms with E-state index in [9.17, 15) is 4.80 Å². The van der Waals surface area contributed by atoms with E-state index < -0.39 is 8.32 Å². The van der Waals surface area contributed by atoms with Crippen molar-refractivity contribution in [2.45, 2.75) is 33.4 Å². The van der Waals surface area contributed by atoms with E-state index in [1.165, 1.54) is 0 Å². The molecule has 0 aliphatic carbocycles. The largest absolute Gasteiger partial charge is 1.00 e. The summed E-state index contributed by atoms with van der Waals surface area (Å²) >= 11 is 0. The normalized spacial score (nSPS) is 12.7. The van der Waals surface area contributed by atoms with E-state index in [2.05, 4.69) is 6.92 Å². The maximum absolute atomic E-state index is 11.3. The molecule has 0 rings (SSSR count). The van der Waals surface area contributed by atoms with Crippen LogP contribution in [0.3, 0.4) is 0 Å². The Morgan fingerprint density at radius 3 is 2.00 bits per heavy atom. The third-order valence-corrected chi connectivity index (χ3v) is 3.56. The molecule has 10 heavy (non-hydrogen) atoms. The number of hydrogen-bond donors (Lipinski definition) is 0. The predicted molar refractivity (Wildman–Crippen MR) is 41.5 cm³/mol. The van der Waals surface area contributed by atoms with Gasteiger partial charge >= 0.3 is 51.4 Å². The van der Waals surface area contributed by atoms with Crippen molar-refractivity contribution in [2.24, 2.45) is 0 Å². The van der Waals surface area contributed by atoms with Gasteiger partial charge in [0.05, 0.1) is 0 Å². The smallest absolute Gasteiger partial charge is 0.855 e. The van der Waals surface area contributed by atoms with Crippen molar-refractivity contribution in [3.63, 3.8) is 0 Å². The van der Waals surface area contributed by atoms with Crippen LogP contribution >= 0.6 is 0 Å². The molecule has 1 nitrogen and oxygen atoms in total. The van der Waals surface area contributed by atoms with Gasteiger partial charge in [0.25, 0.3) is 0 Å². The van der Waals surface area contributed by atoms with Crippen molar-refractivity contribution in [1.82, 2.24) is 0 Å². The van der Waals surface area contributed by atoms with Gasteiger partial charge in [-0.2, -0.15) is 0 Å². The topological polar surface area (TPSA) is 23.1 Å². The third-order valence-electron chi connectivity index (χ3n) is 1.46. The first kappa shape index (κ1) is 14.1. The molecule has 0 heterocycles. The van der Waals surface area contributed by atoms with Gasteiger partial charge < -0.3 is 4.80 Å². The van der Waals surface area contributed by atoms with E-state index >= 15 is 0 Å². The summed E-state index contributed by atoms with van der Waals surface area (Å²) in [5.74, 6) is 0. The van der Waals surface area contributed by atoms with Crippen LogP contribution in [0.5, 0.6) is 0 Å². The van der Waals surface area contributed by atoms with Crippen LogP contribution in [0.4, 0.5) is 0 Å². The van der Waals surface area contributed by atoms with Crippen LogP contribution in [-0.4, -0.2) is 8.32 Å². The maximum atomic E-state index is 11.3. The van der Waals surface area contributed by atoms with Gasteiger partial charge in [0.15, 0.2) is 0 Å². The summed E-state index contributed by atoms with van der Waals surface area (Å²) in [6.07, 6.45) is 3.03. The van der Waals surface area contributed by atoms with Crippen molar-refractivity contribution in [3.8, 4) is 0 Å². The van der Waals surface area contributed by atoms with Gasteiger partial charge in [-0.05, 0) is 21.7 Å². The van der Waals surface area contributed by atoms with Crippen molar-refractivity contribution >= 4 is 8.32 Å². The van der Waals surface area contributed by atoms with E-state index in [1.807, 2.05) is 26.1 Å². The Balaban J connectivity index is 0. The molecular formula is C7H15KOSi. The van der Waals surface area contributed by atoms with Crippen LogP contribution < -0.4 is 56.2 Å². The Kier molecular flexibility index (Phi) is 8.62. The molecule has 0 bridgehead atoms. The monoisotopic (exact) mass is 182 g/mol. The van der Waals surface area contributed by atoms with Crippen LogP contribution in [0.1, 0.15) is 20.3 Å². The Hall–Kier alpha value is 1.55. The first-order chi connectivity index (χ1) is 3.98. The Labute approximate surface area is 107 Å². The molecule has 0 saturated carbocycles. The number of rotatable bonds is 2. The summed E-state index contributed by atoms with van der Waals surface area (Å²) in [5, 5.41) is 1.07.